The van der Waals surface area contributed by atoms with Crippen molar-refractivity contribution in [3.05, 3.63) is 59.2 Å². The highest BCUT2D eigenvalue weighted by Gasteiger charge is 2.32. The third-order valence-electron chi connectivity index (χ3n) is 7.17. The number of benzene rings is 1. The van der Waals surface area contributed by atoms with E-state index in [-0.39, 0.29) is 18.0 Å². The molecule has 2 aliphatic rings. The summed E-state index contributed by atoms with van der Waals surface area (Å²) in [6.07, 6.45) is 5.84. The second-order valence-electron chi connectivity index (χ2n) is 9.82. The van der Waals surface area contributed by atoms with Crippen molar-refractivity contribution in [2.45, 2.75) is 51.6 Å². The molecule has 1 amide bonds. The van der Waals surface area contributed by atoms with E-state index >= 15 is 0 Å². The van der Waals surface area contributed by atoms with Crippen molar-refractivity contribution in [2.75, 3.05) is 24.5 Å². The third kappa shape index (κ3) is 4.01. The van der Waals surface area contributed by atoms with Crippen molar-refractivity contribution in [3.63, 3.8) is 0 Å². The topological polar surface area (TPSA) is 119 Å². The van der Waals surface area contributed by atoms with Gasteiger partial charge in [-0.1, -0.05) is 17.3 Å². The number of carbonyl (C=O) groups is 1. The molecule has 5 heterocycles. The average molecular weight is 487 g/mol. The molecule has 3 aromatic heterocycles. The molecule has 6 rings (SSSR count). The van der Waals surface area contributed by atoms with E-state index in [2.05, 4.69) is 22.0 Å². The molecule has 4 aromatic rings. The number of nitrogens with zero attached hydrogens (tertiary/aromatic N) is 7. The van der Waals surface area contributed by atoms with E-state index in [1.54, 1.807) is 6.92 Å². The first kappa shape index (κ1) is 22.7. The number of fused-ring (bicyclic) bond motifs is 1. The molecular weight excluding hydrogens is 456 g/mol. The minimum Gasteiger partial charge on any atom is -0.355 e. The van der Waals surface area contributed by atoms with Crippen LogP contribution in [0.5, 0.6) is 0 Å². The molecule has 0 bridgehead atoms. The molecule has 2 unspecified atom stereocenters. The first-order valence-electron chi connectivity index (χ1n) is 12.6. The van der Waals surface area contributed by atoms with E-state index in [4.69, 9.17) is 20.3 Å². The van der Waals surface area contributed by atoms with Crippen LogP contribution in [0.15, 0.2) is 41.1 Å². The van der Waals surface area contributed by atoms with Gasteiger partial charge in [-0.25, -0.2) is 9.50 Å². The molecule has 2 atom stereocenters. The second-order valence-corrected chi connectivity index (χ2v) is 9.82. The first-order chi connectivity index (χ1) is 17.5. The molecule has 1 aromatic carbocycles. The van der Waals surface area contributed by atoms with Gasteiger partial charge < -0.3 is 20.1 Å². The quantitative estimate of drug-likeness (QED) is 0.467. The van der Waals surface area contributed by atoms with Gasteiger partial charge in [0.05, 0.1) is 22.9 Å². The van der Waals surface area contributed by atoms with Crippen LogP contribution < -0.4 is 10.6 Å². The van der Waals surface area contributed by atoms with Crippen molar-refractivity contribution >= 4 is 17.4 Å². The maximum Gasteiger partial charge on any atom is 0.258 e. The van der Waals surface area contributed by atoms with E-state index in [0.29, 0.717) is 29.4 Å². The fourth-order valence-corrected chi connectivity index (χ4v) is 5.38. The fourth-order valence-electron chi connectivity index (χ4n) is 5.38. The van der Waals surface area contributed by atoms with Gasteiger partial charge in [0.25, 0.3) is 11.8 Å². The number of anilines is 1. The Morgan fingerprint density at radius 3 is 2.75 bits per heavy atom. The molecule has 2 saturated heterocycles. The molecule has 186 valence electrons. The van der Waals surface area contributed by atoms with Crippen LogP contribution in [-0.2, 0) is 0 Å². The van der Waals surface area contributed by atoms with Crippen molar-refractivity contribution in [1.29, 1.82) is 0 Å². The van der Waals surface area contributed by atoms with Crippen LogP contribution in [-0.4, -0.2) is 61.2 Å². The Morgan fingerprint density at radius 2 is 1.97 bits per heavy atom. The summed E-state index contributed by atoms with van der Waals surface area (Å²) in [6.45, 7) is 6.21. The highest BCUT2D eigenvalue weighted by molar-refractivity contribution is 6.00. The van der Waals surface area contributed by atoms with Crippen LogP contribution in [0.4, 0.5) is 5.82 Å². The normalized spacial score (nSPS) is 20.4. The van der Waals surface area contributed by atoms with E-state index in [1.807, 2.05) is 45.9 Å². The van der Waals surface area contributed by atoms with Gasteiger partial charge in [0.15, 0.2) is 11.5 Å². The zero-order valence-corrected chi connectivity index (χ0v) is 20.6. The van der Waals surface area contributed by atoms with E-state index in [0.717, 1.165) is 61.5 Å². The number of hydrogen-bond acceptors (Lipinski definition) is 8. The van der Waals surface area contributed by atoms with Crippen molar-refractivity contribution in [2.24, 2.45) is 5.73 Å². The smallest absolute Gasteiger partial charge is 0.258 e. The monoisotopic (exact) mass is 486 g/mol. The van der Waals surface area contributed by atoms with Crippen LogP contribution in [0.1, 0.15) is 59.2 Å². The fraction of sp³-hybridized carbons (Fsp3) is 0.423. The summed E-state index contributed by atoms with van der Waals surface area (Å²) in [7, 11) is 0. The maximum atomic E-state index is 13.9. The van der Waals surface area contributed by atoms with Crippen molar-refractivity contribution < 1.29 is 9.32 Å². The molecule has 0 radical (unpaired) electrons. The molecule has 0 spiro atoms. The Bertz CT molecular complexity index is 1430. The van der Waals surface area contributed by atoms with Gasteiger partial charge in [-0.2, -0.15) is 10.1 Å². The zero-order valence-electron chi connectivity index (χ0n) is 20.6. The van der Waals surface area contributed by atoms with Crippen LogP contribution >= 0.6 is 0 Å². The highest BCUT2D eigenvalue weighted by atomic mass is 16.5. The predicted octanol–water partition coefficient (Wildman–Crippen LogP) is 3.30. The summed E-state index contributed by atoms with van der Waals surface area (Å²) in [5.74, 6) is 1.79. The summed E-state index contributed by atoms with van der Waals surface area (Å²) < 4.78 is 7.21. The van der Waals surface area contributed by atoms with Crippen LogP contribution in [0.25, 0.3) is 17.1 Å². The summed E-state index contributed by atoms with van der Waals surface area (Å²) in [4.78, 5) is 27.3. The molecule has 10 nitrogen and oxygen atoms in total. The minimum absolute atomic E-state index is 0.0564. The Kier molecular flexibility index (Phi) is 5.67. The summed E-state index contributed by atoms with van der Waals surface area (Å²) in [6, 6.07) is 9.48. The van der Waals surface area contributed by atoms with Gasteiger partial charge in [-0.05, 0) is 51.7 Å². The number of piperidine rings is 1. The lowest BCUT2D eigenvalue weighted by Crippen LogP contribution is -2.39. The van der Waals surface area contributed by atoms with Crippen molar-refractivity contribution in [3.8, 4) is 11.5 Å². The zero-order chi connectivity index (χ0) is 24.8. The number of nitrogens with two attached hydrogens (primary N) is 1. The largest absolute Gasteiger partial charge is 0.355 e. The van der Waals surface area contributed by atoms with Gasteiger partial charge in [0, 0.05) is 43.5 Å². The van der Waals surface area contributed by atoms with Gasteiger partial charge in [0.1, 0.15) is 5.82 Å². The summed E-state index contributed by atoms with van der Waals surface area (Å²) in [5, 5.41) is 8.76. The van der Waals surface area contributed by atoms with E-state index in [9.17, 15) is 4.79 Å². The Hall–Kier alpha value is -3.79. The lowest BCUT2D eigenvalue weighted by atomic mass is 9.97. The van der Waals surface area contributed by atoms with Gasteiger partial charge in [0.2, 0.25) is 0 Å². The van der Waals surface area contributed by atoms with Crippen LogP contribution in [0.2, 0.25) is 0 Å². The third-order valence-corrected chi connectivity index (χ3v) is 7.17. The number of aryl methyl sites for hydroxylation is 2. The molecule has 2 fully saturated rings. The molecule has 0 aliphatic carbocycles. The van der Waals surface area contributed by atoms with Crippen LogP contribution in [0, 0.1) is 13.8 Å². The SMILES string of the molecule is Cc1noc(-c2ccccc2C(=O)N2CCCCC2c2cc3nc(N4CCC(N)C4)c(C)cn3n2)n1. The lowest BCUT2D eigenvalue weighted by molar-refractivity contribution is 0.0606. The molecular formula is C26H30N8O2. The number of rotatable bonds is 4. The lowest BCUT2D eigenvalue weighted by Gasteiger charge is -2.35. The van der Waals surface area contributed by atoms with E-state index < -0.39 is 0 Å². The minimum atomic E-state index is -0.130. The predicted molar refractivity (Wildman–Crippen MR) is 135 cm³/mol. The van der Waals surface area contributed by atoms with Gasteiger partial charge >= 0.3 is 0 Å². The number of amides is 1. The maximum absolute atomic E-state index is 13.9. The molecule has 36 heavy (non-hydrogen) atoms. The molecule has 2 N–H and O–H groups in total. The van der Waals surface area contributed by atoms with Gasteiger partial charge in [-0.15, -0.1) is 0 Å². The molecule has 10 heteroatoms. The number of hydrogen-bond donors (Lipinski definition) is 1. The standard InChI is InChI=1S/C26H30N8O2/c1-16-14-34-23(29-24(16)32-12-10-18(27)15-32)13-21(30-34)22-9-5-6-11-33(22)26(35)20-8-4-3-7-19(20)25-28-17(2)31-36-25/h3-4,7-8,13-14,18,22H,5-6,9-12,15,27H2,1-2H3. The number of aromatic nitrogens is 5. The Balaban J connectivity index is 1.34. The summed E-state index contributed by atoms with van der Waals surface area (Å²) >= 11 is 0. The van der Waals surface area contributed by atoms with Crippen molar-refractivity contribution in [1.82, 2.24) is 29.6 Å². The molecule has 2 aliphatic heterocycles. The Morgan fingerprint density at radius 1 is 1.11 bits per heavy atom. The Labute approximate surface area is 209 Å². The first-order valence-corrected chi connectivity index (χ1v) is 12.6. The highest BCUT2D eigenvalue weighted by Crippen LogP contribution is 2.34. The average Bonchev–Trinajstić information content (AvgIpc) is 3.62. The van der Waals surface area contributed by atoms with Crippen LogP contribution in [0.3, 0.4) is 0 Å². The summed E-state index contributed by atoms with van der Waals surface area (Å²) in [5.41, 5.74) is 10.0. The number of carbonyl (C=O) groups excluding carboxylic acids is 1. The number of likely N-dealkylation sites (tertiary alicyclic amines) is 1. The van der Waals surface area contributed by atoms with E-state index in [1.165, 1.54) is 0 Å². The van der Waals surface area contributed by atoms with Gasteiger partial charge in [-0.3, -0.25) is 4.79 Å². The second kappa shape index (κ2) is 9.02. The molecule has 0 saturated carbocycles.